The fraction of sp³-hybridized carbons (Fsp3) is 0.857. The average molecular weight is 385 g/mol. The van der Waals surface area contributed by atoms with Crippen LogP contribution in [-0.2, 0) is 9.53 Å². The number of hydrogen-bond acceptors (Lipinski definition) is 6. The Balaban J connectivity index is 2.21. The van der Waals surface area contributed by atoms with Crippen LogP contribution < -0.4 is 0 Å². The summed E-state index contributed by atoms with van der Waals surface area (Å²) < 4.78 is 5.63. The first-order valence-electron chi connectivity index (χ1n) is 10.5. The zero-order valence-electron chi connectivity index (χ0n) is 16.6. The van der Waals surface area contributed by atoms with Gasteiger partial charge in [-0.25, -0.2) is 0 Å². The molecule has 0 aromatic carbocycles. The van der Waals surface area contributed by atoms with Crippen LogP contribution in [0.5, 0.6) is 0 Å². The number of hydrogen-bond donors (Lipinski definition) is 4. The van der Waals surface area contributed by atoms with Gasteiger partial charge < -0.3 is 25.2 Å². The van der Waals surface area contributed by atoms with Crippen molar-refractivity contribution in [3.8, 4) is 0 Å². The second-order valence-electron chi connectivity index (χ2n) is 8.06. The van der Waals surface area contributed by atoms with E-state index in [4.69, 9.17) is 4.74 Å². The van der Waals surface area contributed by atoms with Crippen molar-refractivity contribution in [2.24, 2.45) is 11.8 Å². The monoisotopic (exact) mass is 384 g/mol. The van der Waals surface area contributed by atoms with Crippen LogP contribution in [0, 0.1) is 11.8 Å². The van der Waals surface area contributed by atoms with Crippen molar-refractivity contribution in [1.29, 1.82) is 0 Å². The normalized spacial score (nSPS) is 37.3. The largest absolute Gasteiger partial charge is 0.394 e. The number of rotatable bonds is 9. The summed E-state index contributed by atoms with van der Waals surface area (Å²) >= 11 is 0. The molecule has 7 atom stereocenters. The Morgan fingerprint density at radius 1 is 1.00 bits per heavy atom. The molecule has 1 aliphatic carbocycles. The predicted molar refractivity (Wildman–Crippen MR) is 102 cm³/mol. The van der Waals surface area contributed by atoms with Crippen LogP contribution in [0.2, 0.25) is 0 Å². The fourth-order valence-electron chi connectivity index (χ4n) is 4.31. The molecule has 4 N–H and O–H groups in total. The molecule has 0 aromatic rings. The van der Waals surface area contributed by atoms with Crippen LogP contribution in [0.4, 0.5) is 0 Å². The van der Waals surface area contributed by atoms with Gasteiger partial charge in [0.1, 0.15) is 30.5 Å². The summed E-state index contributed by atoms with van der Waals surface area (Å²) in [6.07, 6.45) is 3.70. The fourth-order valence-corrected chi connectivity index (χ4v) is 4.31. The van der Waals surface area contributed by atoms with Crippen LogP contribution in [0.1, 0.15) is 65.2 Å². The van der Waals surface area contributed by atoms with E-state index in [-0.39, 0.29) is 11.7 Å². The topological polar surface area (TPSA) is 107 Å². The molecule has 2 unspecified atom stereocenters. The van der Waals surface area contributed by atoms with Gasteiger partial charge in [-0.15, -0.1) is 0 Å². The molecular weight excluding hydrogens is 348 g/mol. The number of carbonyl (C=O) groups is 1. The van der Waals surface area contributed by atoms with Crippen LogP contribution in [-0.4, -0.2) is 63.3 Å². The summed E-state index contributed by atoms with van der Waals surface area (Å²) in [4.78, 5) is 12.8. The maximum Gasteiger partial charge on any atom is 0.161 e. The van der Waals surface area contributed by atoms with Crippen LogP contribution in [0.25, 0.3) is 0 Å². The zero-order valence-corrected chi connectivity index (χ0v) is 16.6. The lowest BCUT2D eigenvalue weighted by Crippen LogP contribution is -2.59. The maximum atomic E-state index is 12.8. The third kappa shape index (κ3) is 5.39. The molecule has 0 saturated carbocycles. The summed E-state index contributed by atoms with van der Waals surface area (Å²) in [6.45, 7) is 3.82. The molecule has 156 valence electrons. The lowest BCUT2D eigenvalue weighted by atomic mass is 9.73. The Kier molecular flexibility index (Phi) is 8.89. The summed E-state index contributed by atoms with van der Waals surface area (Å²) in [5.74, 6) is 0.500. The Morgan fingerprint density at radius 2 is 1.70 bits per heavy atom. The Morgan fingerprint density at radius 3 is 2.33 bits per heavy atom. The molecule has 2 aliphatic rings. The minimum Gasteiger partial charge on any atom is -0.394 e. The van der Waals surface area contributed by atoms with Gasteiger partial charge in [0, 0.05) is 12.0 Å². The van der Waals surface area contributed by atoms with Crippen molar-refractivity contribution >= 4 is 5.78 Å². The lowest BCUT2D eigenvalue weighted by Gasteiger charge is -2.42. The summed E-state index contributed by atoms with van der Waals surface area (Å²) in [6, 6.07) is 0. The molecule has 0 amide bonds. The van der Waals surface area contributed by atoms with Gasteiger partial charge in [0.2, 0.25) is 0 Å². The SMILES string of the molecule is CCCCCC1CC(=O)C([C@@H]2O[C@H](CO)[C@H](O)[C@H](O)[C@H]2O)=CC1CCCC. The molecule has 6 heteroatoms. The van der Waals surface area contributed by atoms with Gasteiger partial charge in [0.05, 0.1) is 6.61 Å². The van der Waals surface area contributed by atoms with Crippen molar-refractivity contribution in [3.05, 3.63) is 11.6 Å². The van der Waals surface area contributed by atoms with Gasteiger partial charge in [-0.1, -0.05) is 52.0 Å². The van der Waals surface area contributed by atoms with E-state index in [2.05, 4.69) is 13.8 Å². The maximum absolute atomic E-state index is 12.8. The molecule has 1 fully saturated rings. The number of ketones is 1. The van der Waals surface area contributed by atoms with Crippen LogP contribution >= 0.6 is 0 Å². The standard InChI is InChI=1S/C21H36O6/c1-3-5-7-9-14-11-16(23)15(10-13(14)8-6-4-2)21-20(26)19(25)18(24)17(12-22)27-21/h10,13-14,17-22,24-26H,3-9,11-12H2,1-2H3/t13?,14?,17-,18+,19+,20-,21+/m1/s1. The van der Waals surface area contributed by atoms with Gasteiger partial charge in [-0.3, -0.25) is 4.79 Å². The molecule has 0 aromatic heterocycles. The minimum absolute atomic E-state index is 0.0615. The van der Waals surface area contributed by atoms with Gasteiger partial charge in [-0.05, 0) is 24.7 Å². The van der Waals surface area contributed by atoms with Crippen molar-refractivity contribution < 1.29 is 30.0 Å². The van der Waals surface area contributed by atoms with Crippen LogP contribution in [0.3, 0.4) is 0 Å². The van der Waals surface area contributed by atoms with E-state index in [1.54, 1.807) is 0 Å². The van der Waals surface area contributed by atoms with E-state index in [0.29, 0.717) is 17.9 Å². The Hall–Kier alpha value is -0.790. The van der Waals surface area contributed by atoms with E-state index in [1.165, 1.54) is 0 Å². The molecule has 1 heterocycles. The first-order valence-corrected chi connectivity index (χ1v) is 10.5. The first kappa shape index (κ1) is 22.5. The smallest absolute Gasteiger partial charge is 0.161 e. The molecular formula is C21H36O6. The summed E-state index contributed by atoms with van der Waals surface area (Å²) in [7, 11) is 0. The summed E-state index contributed by atoms with van der Waals surface area (Å²) in [5.41, 5.74) is 0.389. The van der Waals surface area contributed by atoms with E-state index in [0.717, 1.165) is 44.9 Å². The molecule has 1 aliphatic heterocycles. The average Bonchev–Trinajstić information content (AvgIpc) is 2.66. The highest BCUT2D eigenvalue weighted by molar-refractivity contribution is 5.97. The second-order valence-corrected chi connectivity index (χ2v) is 8.06. The van der Waals surface area contributed by atoms with E-state index in [9.17, 15) is 25.2 Å². The number of ether oxygens (including phenoxy) is 1. The number of Topliss-reactive ketones (excluding diaryl/α,β-unsaturated/α-hetero) is 1. The zero-order chi connectivity index (χ0) is 20.0. The summed E-state index contributed by atoms with van der Waals surface area (Å²) in [5, 5.41) is 39.8. The minimum atomic E-state index is -1.45. The van der Waals surface area contributed by atoms with E-state index in [1.807, 2.05) is 6.08 Å². The van der Waals surface area contributed by atoms with Crippen molar-refractivity contribution in [3.63, 3.8) is 0 Å². The molecule has 6 nitrogen and oxygen atoms in total. The Labute approximate surface area is 162 Å². The third-order valence-corrected chi connectivity index (χ3v) is 6.04. The number of aliphatic hydroxyl groups is 4. The number of aliphatic hydroxyl groups excluding tert-OH is 4. The van der Waals surface area contributed by atoms with Gasteiger partial charge in [0.15, 0.2) is 5.78 Å². The van der Waals surface area contributed by atoms with Gasteiger partial charge >= 0.3 is 0 Å². The third-order valence-electron chi connectivity index (χ3n) is 6.04. The quantitative estimate of drug-likeness (QED) is 0.451. The van der Waals surface area contributed by atoms with Crippen LogP contribution in [0.15, 0.2) is 11.6 Å². The molecule has 1 saturated heterocycles. The number of allylic oxidation sites excluding steroid dienone is 1. The molecule has 2 rings (SSSR count). The number of unbranched alkanes of at least 4 members (excludes halogenated alkanes) is 3. The van der Waals surface area contributed by atoms with Gasteiger partial charge in [-0.2, -0.15) is 0 Å². The molecule has 27 heavy (non-hydrogen) atoms. The van der Waals surface area contributed by atoms with E-state index < -0.39 is 37.1 Å². The highest BCUT2D eigenvalue weighted by atomic mass is 16.5. The highest BCUT2D eigenvalue weighted by Gasteiger charge is 2.47. The number of carbonyl (C=O) groups excluding carboxylic acids is 1. The van der Waals surface area contributed by atoms with Crippen molar-refractivity contribution in [2.75, 3.05) is 6.61 Å². The van der Waals surface area contributed by atoms with Crippen molar-refractivity contribution in [1.82, 2.24) is 0 Å². The lowest BCUT2D eigenvalue weighted by molar-refractivity contribution is -0.220. The Bertz CT molecular complexity index is 503. The van der Waals surface area contributed by atoms with Gasteiger partial charge in [0.25, 0.3) is 0 Å². The molecule has 0 bridgehead atoms. The molecule has 0 spiro atoms. The molecule has 0 radical (unpaired) electrons. The van der Waals surface area contributed by atoms with E-state index >= 15 is 0 Å². The first-order chi connectivity index (χ1) is 12.9. The predicted octanol–water partition coefficient (Wildman–Crippen LogP) is 1.73. The van der Waals surface area contributed by atoms with Crippen molar-refractivity contribution in [2.45, 2.75) is 95.7 Å². The second kappa shape index (κ2) is 10.7. The highest BCUT2D eigenvalue weighted by Crippen LogP contribution is 2.37.